The first-order valence-electron chi connectivity index (χ1n) is 9.49. The van der Waals surface area contributed by atoms with E-state index in [1.165, 1.54) is 11.3 Å². The molecule has 1 aromatic carbocycles. The van der Waals surface area contributed by atoms with Crippen LogP contribution in [0, 0.1) is 0 Å². The van der Waals surface area contributed by atoms with Gasteiger partial charge in [0, 0.05) is 29.6 Å². The molecule has 30 heavy (non-hydrogen) atoms. The van der Waals surface area contributed by atoms with Crippen LogP contribution in [-0.2, 0) is 0 Å². The van der Waals surface area contributed by atoms with E-state index >= 15 is 0 Å². The number of hydrogen-bond acceptors (Lipinski definition) is 6. The predicted octanol–water partition coefficient (Wildman–Crippen LogP) is 3.49. The van der Waals surface area contributed by atoms with E-state index in [4.69, 9.17) is 5.73 Å². The third-order valence-electron chi connectivity index (χ3n) is 4.96. The normalized spacial score (nSPS) is 13.3. The van der Waals surface area contributed by atoms with Crippen LogP contribution in [0.15, 0.2) is 55.0 Å². The molecule has 0 radical (unpaired) electrons. The lowest BCUT2D eigenvalue weighted by atomic mass is 10.1. The third-order valence-corrected chi connectivity index (χ3v) is 6.04. The molecule has 1 fully saturated rings. The number of amides is 1. The molecule has 0 spiro atoms. The number of benzene rings is 1. The van der Waals surface area contributed by atoms with E-state index in [1.54, 1.807) is 36.8 Å². The topological polar surface area (TPSA) is 121 Å². The molecule has 5 rings (SSSR count). The van der Waals surface area contributed by atoms with Crippen molar-refractivity contribution in [3.63, 3.8) is 0 Å². The van der Waals surface area contributed by atoms with Crippen LogP contribution in [-0.4, -0.2) is 37.9 Å². The molecule has 1 amide bonds. The Hall–Kier alpha value is -3.72. The summed E-state index contributed by atoms with van der Waals surface area (Å²) in [4.78, 5) is 35.2. The van der Waals surface area contributed by atoms with Crippen LogP contribution in [0.4, 0.5) is 10.8 Å². The molecular formula is C21H18N6O2S. The number of thiazole rings is 1. The molecule has 0 bridgehead atoms. The molecule has 8 nitrogen and oxygen atoms in total. The van der Waals surface area contributed by atoms with Gasteiger partial charge in [0.1, 0.15) is 0 Å². The van der Waals surface area contributed by atoms with Crippen molar-refractivity contribution in [2.45, 2.75) is 18.9 Å². The van der Waals surface area contributed by atoms with Crippen molar-refractivity contribution in [2.75, 3.05) is 4.90 Å². The van der Waals surface area contributed by atoms with E-state index in [9.17, 15) is 9.59 Å². The summed E-state index contributed by atoms with van der Waals surface area (Å²) in [6.45, 7) is 0. The van der Waals surface area contributed by atoms with E-state index < -0.39 is 5.91 Å². The van der Waals surface area contributed by atoms with Gasteiger partial charge in [-0.1, -0.05) is 41.7 Å². The number of primary amides is 1. The number of ketones is 1. The van der Waals surface area contributed by atoms with Gasteiger partial charge < -0.3 is 15.6 Å². The lowest BCUT2D eigenvalue weighted by Gasteiger charge is -2.18. The molecule has 9 heteroatoms. The van der Waals surface area contributed by atoms with Gasteiger partial charge in [-0.05, 0) is 18.9 Å². The Morgan fingerprint density at radius 3 is 2.60 bits per heavy atom. The number of carbonyl (C=O) groups excluding carboxylic acids is 2. The number of aromatic amines is 2. The average molecular weight is 418 g/mol. The minimum absolute atomic E-state index is 0.0959. The zero-order valence-corrected chi connectivity index (χ0v) is 16.6. The highest BCUT2D eigenvalue weighted by molar-refractivity contribution is 7.19. The van der Waals surface area contributed by atoms with Crippen molar-refractivity contribution in [3.05, 3.63) is 71.8 Å². The molecule has 0 aliphatic heterocycles. The first-order valence-corrected chi connectivity index (χ1v) is 10.3. The number of nitrogens with one attached hydrogen (secondary N) is 2. The molecule has 4 N–H and O–H groups in total. The molecule has 0 saturated heterocycles. The van der Waals surface area contributed by atoms with Gasteiger partial charge in [-0.3, -0.25) is 14.7 Å². The molecule has 3 aromatic heterocycles. The van der Waals surface area contributed by atoms with Gasteiger partial charge in [-0.2, -0.15) is 5.10 Å². The second kappa shape index (κ2) is 7.27. The number of hydrogen-bond donors (Lipinski definition) is 3. The standard InChI is InChI=1S/C21H18N6O2S/c22-20(29)17-19(16-8-13(9-23-16)18(28)12-4-2-1-3-5-12)30-21(26-17)27(14-6-7-14)15-10-24-25-11-15/h1-5,8-11,14,23H,6-7H2,(H2,22,29)(H,24,25). The maximum Gasteiger partial charge on any atom is 0.268 e. The number of anilines is 2. The van der Waals surface area contributed by atoms with Gasteiger partial charge >= 0.3 is 0 Å². The quantitative estimate of drug-likeness (QED) is 0.397. The van der Waals surface area contributed by atoms with E-state index in [1.807, 2.05) is 18.2 Å². The predicted molar refractivity (Wildman–Crippen MR) is 114 cm³/mol. The Labute approximate surface area is 175 Å². The number of aromatic nitrogens is 4. The van der Waals surface area contributed by atoms with Crippen LogP contribution >= 0.6 is 11.3 Å². The smallest absolute Gasteiger partial charge is 0.268 e. The summed E-state index contributed by atoms with van der Waals surface area (Å²) in [5, 5.41) is 7.52. The van der Waals surface area contributed by atoms with Crippen LogP contribution < -0.4 is 10.6 Å². The van der Waals surface area contributed by atoms with Crippen molar-refractivity contribution < 1.29 is 9.59 Å². The Morgan fingerprint density at radius 1 is 1.13 bits per heavy atom. The zero-order chi connectivity index (χ0) is 20.7. The molecule has 4 aromatic rings. The Kier molecular flexibility index (Phi) is 4.44. The van der Waals surface area contributed by atoms with Gasteiger partial charge in [0.15, 0.2) is 16.6 Å². The highest BCUT2D eigenvalue weighted by atomic mass is 32.1. The fraction of sp³-hybridized carbons (Fsp3) is 0.143. The number of H-pyrrole nitrogens is 2. The highest BCUT2D eigenvalue weighted by Gasteiger charge is 2.34. The largest absolute Gasteiger partial charge is 0.364 e. The van der Waals surface area contributed by atoms with E-state index in [0.29, 0.717) is 32.9 Å². The van der Waals surface area contributed by atoms with Crippen LogP contribution in [0.5, 0.6) is 0 Å². The Bertz CT molecular complexity index is 1210. The fourth-order valence-corrected chi connectivity index (χ4v) is 4.50. The molecule has 0 unspecified atom stereocenters. The highest BCUT2D eigenvalue weighted by Crippen LogP contribution is 2.43. The molecule has 1 aliphatic carbocycles. The Morgan fingerprint density at radius 2 is 1.93 bits per heavy atom. The van der Waals surface area contributed by atoms with E-state index in [0.717, 1.165) is 18.5 Å². The minimum atomic E-state index is -0.610. The summed E-state index contributed by atoms with van der Waals surface area (Å²) >= 11 is 1.37. The van der Waals surface area contributed by atoms with Crippen LogP contribution in [0.3, 0.4) is 0 Å². The number of nitrogens with two attached hydrogens (primary N) is 1. The van der Waals surface area contributed by atoms with Crippen molar-refractivity contribution in [2.24, 2.45) is 5.73 Å². The van der Waals surface area contributed by atoms with Crippen LogP contribution in [0.1, 0.15) is 39.3 Å². The van der Waals surface area contributed by atoms with Gasteiger partial charge in [0.25, 0.3) is 5.91 Å². The van der Waals surface area contributed by atoms with Crippen molar-refractivity contribution >= 4 is 33.8 Å². The second-order valence-corrected chi connectivity index (χ2v) is 8.07. The number of rotatable bonds is 7. The van der Waals surface area contributed by atoms with Gasteiger partial charge in [-0.25, -0.2) is 4.98 Å². The first kappa shape index (κ1) is 18.3. The maximum absolute atomic E-state index is 12.7. The lowest BCUT2D eigenvalue weighted by molar-refractivity contribution is 0.0995. The SMILES string of the molecule is NC(=O)c1nc(N(c2cn[nH]c2)C2CC2)sc1-c1cc(C(=O)c2ccccc2)c[nH]1. The van der Waals surface area contributed by atoms with Crippen molar-refractivity contribution in [1.29, 1.82) is 0 Å². The van der Waals surface area contributed by atoms with E-state index in [2.05, 4.69) is 25.1 Å². The Balaban J connectivity index is 1.53. The van der Waals surface area contributed by atoms with Crippen molar-refractivity contribution in [3.8, 4) is 10.6 Å². The summed E-state index contributed by atoms with van der Waals surface area (Å²) < 4.78 is 0. The molecule has 150 valence electrons. The summed E-state index contributed by atoms with van der Waals surface area (Å²) in [7, 11) is 0. The second-order valence-electron chi connectivity index (χ2n) is 7.09. The van der Waals surface area contributed by atoms with Crippen LogP contribution in [0.2, 0.25) is 0 Å². The zero-order valence-electron chi connectivity index (χ0n) is 15.8. The molecule has 1 aliphatic rings. The summed E-state index contributed by atoms with van der Waals surface area (Å²) in [5.74, 6) is -0.706. The summed E-state index contributed by atoms with van der Waals surface area (Å²) in [5.41, 5.74) is 8.44. The molecule has 3 heterocycles. The van der Waals surface area contributed by atoms with Crippen molar-refractivity contribution in [1.82, 2.24) is 20.2 Å². The lowest BCUT2D eigenvalue weighted by Crippen LogP contribution is -2.19. The molecule has 1 saturated carbocycles. The average Bonchev–Trinajstić information content (AvgIpc) is 3.17. The minimum Gasteiger partial charge on any atom is -0.364 e. The third kappa shape index (κ3) is 3.29. The molecular weight excluding hydrogens is 400 g/mol. The summed E-state index contributed by atoms with van der Waals surface area (Å²) in [6, 6.07) is 11.1. The van der Waals surface area contributed by atoms with Gasteiger partial charge in [-0.15, -0.1) is 0 Å². The first-order chi connectivity index (χ1) is 14.6. The monoisotopic (exact) mass is 418 g/mol. The number of nitrogens with zero attached hydrogens (tertiary/aromatic N) is 3. The van der Waals surface area contributed by atoms with Gasteiger partial charge in [0.2, 0.25) is 0 Å². The van der Waals surface area contributed by atoms with E-state index in [-0.39, 0.29) is 11.5 Å². The summed E-state index contributed by atoms with van der Waals surface area (Å²) in [6.07, 6.45) is 7.27. The van der Waals surface area contributed by atoms with Gasteiger partial charge in [0.05, 0.1) is 22.5 Å². The fourth-order valence-electron chi connectivity index (χ4n) is 3.36. The number of carbonyl (C=O) groups is 2. The molecule has 0 atom stereocenters. The maximum atomic E-state index is 12.7. The van der Waals surface area contributed by atoms with Crippen LogP contribution in [0.25, 0.3) is 10.6 Å².